The maximum atomic E-state index is 12.0. The zero-order valence-electron chi connectivity index (χ0n) is 12.9. The van der Waals surface area contributed by atoms with Crippen molar-refractivity contribution in [3.05, 3.63) is 59.0 Å². The van der Waals surface area contributed by atoms with Gasteiger partial charge in [-0.25, -0.2) is 0 Å². The van der Waals surface area contributed by atoms with Crippen LogP contribution >= 0.6 is 0 Å². The van der Waals surface area contributed by atoms with Gasteiger partial charge in [0.05, 0.1) is 6.10 Å². The molecular formula is C18H20N2O3. The molecule has 1 aliphatic carbocycles. The van der Waals surface area contributed by atoms with Gasteiger partial charge < -0.3 is 14.6 Å². The first-order valence-electron chi connectivity index (χ1n) is 7.93. The lowest BCUT2D eigenvalue weighted by Gasteiger charge is -2.13. The van der Waals surface area contributed by atoms with E-state index in [4.69, 9.17) is 4.74 Å². The average Bonchev–Trinajstić information content (AvgIpc) is 3.04. The van der Waals surface area contributed by atoms with Crippen molar-refractivity contribution in [1.29, 1.82) is 0 Å². The highest BCUT2D eigenvalue weighted by Gasteiger charge is 2.16. The third kappa shape index (κ3) is 4.22. The normalized spacial score (nSPS) is 14.6. The summed E-state index contributed by atoms with van der Waals surface area (Å²) in [5, 5.41) is 2.78. The molecular weight excluding hydrogens is 292 g/mol. The van der Waals surface area contributed by atoms with Gasteiger partial charge in [0.25, 0.3) is 5.56 Å². The number of hydrogen-bond donors (Lipinski definition) is 1. The molecule has 0 spiro atoms. The van der Waals surface area contributed by atoms with E-state index < -0.39 is 0 Å². The van der Waals surface area contributed by atoms with Crippen LogP contribution in [0.4, 0.5) is 5.69 Å². The Morgan fingerprint density at radius 3 is 2.57 bits per heavy atom. The summed E-state index contributed by atoms with van der Waals surface area (Å²) in [5.41, 5.74) is 0.501. The van der Waals surface area contributed by atoms with Crippen LogP contribution in [0.3, 0.4) is 0 Å². The van der Waals surface area contributed by atoms with Crippen molar-refractivity contribution >= 4 is 11.6 Å². The number of nitrogens with one attached hydrogen (secondary N) is 1. The molecule has 1 saturated carbocycles. The van der Waals surface area contributed by atoms with Gasteiger partial charge in [-0.15, -0.1) is 0 Å². The second-order valence-corrected chi connectivity index (χ2v) is 5.76. The fourth-order valence-corrected chi connectivity index (χ4v) is 2.76. The number of nitrogens with zero attached hydrogens (tertiary/aromatic N) is 1. The molecule has 5 nitrogen and oxygen atoms in total. The minimum Gasteiger partial charge on any atom is -0.490 e. The predicted octanol–water partition coefficient (Wildman–Crippen LogP) is 2.81. The van der Waals surface area contributed by atoms with Gasteiger partial charge in [-0.1, -0.05) is 6.07 Å². The van der Waals surface area contributed by atoms with Crippen LogP contribution < -0.4 is 15.6 Å². The molecule has 1 aliphatic rings. The lowest BCUT2D eigenvalue weighted by molar-refractivity contribution is -0.116. The summed E-state index contributed by atoms with van der Waals surface area (Å²) in [6.07, 6.45) is 6.62. The lowest BCUT2D eigenvalue weighted by atomic mass is 10.2. The summed E-state index contributed by atoms with van der Waals surface area (Å²) < 4.78 is 7.26. The number of hydrogen-bond acceptors (Lipinski definition) is 3. The summed E-state index contributed by atoms with van der Waals surface area (Å²) in [5.74, 6) is 0.594. The molecule has 0 bridgehead atoms. The van der Waals surface area contributed by atoms with Crippen molar-refractivity contribution in [1.82, 2.24) is 4.57 Å². The maximum absolute atomic E-state index is 12.0. The van der Waals surface area contributed by atoms with E-state index in [1.54, 1.807) is 18.3 Å². The Bertz CT molecular complexity index is 716. The molecule has 0 radical (unpaired) electrons. The monoisotopic (exact) mass is 312 g/mol. The molecule has 0 atom stereocenters. The van der Waals surface area contributed by atoms with E-state index >= 15 is 0 Å². The van der Waals surface area contributed by atoms with Crippen molar-refractivity contribution in [3.63, 3.8) is 0 Å². The molecule has 0 unspecified atom stereocenters. The van der Waals surface area contributed by atoms with Gasteiger partial charge in [0, 0.05) is 18.0 Å². The van der Waals surface area contributed by atoms with Gasteiger partial charge in [0.15, 0.2) is 0 Å². The summed E-state index contributed by atoms with van der Waals surface area (Å²) in [6, 6.07) is 12.2. The van der Waals surface area contributed by atoms with Gasteiger partial charge in [0.2, 0.25) is 5.91 Å². The van der Waals surface area contributed by atoms with Crippen molar-refractivity contribution in [2.24, 2.45) is 0 Å². The second kappa shape index (κ2) is 7.13. The van der Waals surface area contributed by atoms with Gasteiger partial charge in [-0.05, 0) is 56.0 Å². The molecule has 1 fully saturated rings. The molecule has 23 heavy (non-hydrogen) atoms. The fourth-order valence-electron chi connectivity index (χ4n) is 2.76. The molecule has 1 aromatic heterocycles. The number of aromatic nitrogens is 1. The topological polar surface area (TPSA) is 60.3 Å². The molecule has 1 amide bonds. The van der Waals surface area contributed by atoms with Gasteiger partial charge >= 0.3 is 0 Å². The van der Waals surface area contributed by atoms with Crippen LogP contribution in [0.5, 0.6) is 5.75 Å². The number of benzene rings is 1. The smallest absolute Gasteiger partial charge is 0.250 e. The third-order valence-corrected chi connectivity index (χ3v) is 3.96. The van der Waals surface area contributed by atoms with E-state index in [9.17, 15) is 9.59 Å². The molecule has 120 valence electrons. The molecule has 1 aromatic carbocycles. The van der Waals surface area contributed by atoms with Crippen LogP contribution in [0.15, 0.2) is 53.5 Å². The van der Waals surface area contributed by atoms with Crippen LogP contribution in [0.1, 0.15) is 25.7 Å². The van der Waals surface area contributed by atoms with Crippen LogP contribution in [-0.4, -0.2) is 16.6 Å². The predicted molar refractivity (Wildman–Crippen MR) is 88.7 cm³/mol. The van der Waals surface area contributed by atoms with Crippen molar-refractivity contribution in [2.75, 3.05) is 5.32 Å². The number of amides is 1. The molecule has 0 aliphatic heterocycles. The Hall–Kier alpha value is -2.56. The Labute approximate surface area is 134 Å². The summed E-state index contributed by atoms with van der Waals surface area (Å²) in [4.78, 5) is 23.6. The second-order valence-electron chi connectivity index (χ2n) is 5.76. The van der Waals surface area contributed by atoms with Gasteiger partial charge in [0.1, 0.15) is 12.3 Å². The van der Waals surface area contributed by atoms with Crippen LogP contribution in [0.25, 0.3) is 0 Å². The van der Waals surface area contributed by atoms with Crippen LogP contribution in [0, 0.1) is 0 Å². The highest BCUT2D eigenvalue weighted by molar-refractivity contribution is 5.90. The van der Waals surface area contributed by atoms with E-state index in [1.807, 2.05) is 24.3 Å². The van der Waals surface area contributed by atoms with E-state index in [-0.39, 0.29) is 18.0 Å². The highest BCUT2D eigenvalue weighted by Crippen LogP contribution is 2.24. The van der Waals surface area contributed by atoms with Gasteiger partial charge in [-0.3, -0.25) is 9.59 Å². The number of anilines is 1. The van der Waals surface area contributed by atoms with Crippen molar-refractivity contribution in [2.45, 2.75) is 38.3 Å². The number of carbonyl (C=O) groups excluding carboxylic acids is 1. The minimum atomic E-state index is -0.234. The number of ether oxygens (including phenoxy) is 1. The molecule has 0 saturated heterocycles. The standard InChI is InChI=1S/C18H20N2O3/c21-17(13-20-12-4-3-7-18(20)22)19-14-8-10-16(11-9-14)23-15-5-1-2-6-15/h3-4,7-12,15H,1-2,5-6,13H2,(H,19,21). The van der Waals surface area contributed by atoms with E-state index in [2.05, 4.69) is 5.32 Å². The molecule has 5 heteroatoms. The first-order valence-corrected chi connectivity index (χ1v) is 7.93. The maximum Gasteiger partial charge on any atom is 0.250 e. The fraction of sp³-hybridized carbons (Fsp3) is 0.333. The molecule has 1 N–H and O–H groups in total. The molecule has 2 aromatic rings. The Balaban J connectivity index is 1.56. The Morgan fingerprint density at radius 2 is 1.87 bits per heavy atom. The van der Waals surface area contributed by atoms with E-state index in [0.29, 0.717) is 11.8 Å². The third-order valence-electron chi connectivity index (χ3n) is 3.96. The van der Waals surface area contributed by atoms with E-state index in [0.717, 1.165) is 18.6 Å². The first-order chi connectivity index (χ1) is 11.2. The van der Waals surface area contributed by atoms with Crippen LogP contribution in [0.2, 0.25) is 0 Å². The van der Waals surface area contributed by atoms with E-state index in [1.165, 1.54) is 23.5 Å². The first kappa shape index (κ1) is 15.3. The summed E-state index contributed by atoms with van der Waals surface area (Å²) in [6.45, 7) is -0.00000115. The summed E-state index contributed by atoms with van der Waals surface area (Å²) >= 11 is 0. The number of pyridine rings is 1. The minimum absolute atomic E-state index is 0.00000115. The molecule has 3 rings (SSSR count). The Kier molecular flexibility index (Phi) is 4.76. The highest BCUT2D eigenvalue weighted by atomic mass is 16.5. The lowest BCUT2D eigenvalue weighted by Crippen LogP contribution is -2.26. The zero-order valence-corrected chi connectivity index (χ0v) is 12.9. The summed E-state index contributed by atoms with van der Waals surface area (Å²) in [7, 11) is 0. The molecule has 1 heterocycles. The number of carbonyl (C=O) groups is 1. The van der Waals surface area contributed by atoms with Gasteiger partial charge in [-0.2, -0.15) is 0 Å². The number of rotatable bonds is 5. The Morgan fingerprint density at radius 1 is 1.13 bits per heavy atom. The van der Waals surface area contributed by atoms with Crippen molar-refractivity contribution in [3.8, 4) is 5.75 Å². The average molecular weight is 312 g/mol. The zero-order chi connectivity index (χ0) is 16.1. The largest absolute Gasteiger partial charge is 0.490 e. The van der Waals surface area contributed by atoms with Crippen molar-refractivity contribution < 1.29 is 9.53 Å². The SMILES string of the molecule is O=C(Cn1ccccc1=O)Nc1ccc(OC2CCCC2)cc1. The quantitative estimate of drug-likeness (QED) is 0.923. The van der Waals surface area contributed by atoms with Crippen LogP contribution in [-0.2, 0) is 11.3 Å².